The van der Waals surface area contributed by atoms with E-state index in [1.54, 1.807) is 13.8 Å². The molecular formula is C11H23N3O2S2. The average molecular weight is 293 g/mol. The lowest BCUT2D eigenvalue weighted by atomic mass is 10.1. The SMILES string of the molecule is CC(C)(CCN=C(N)N1CCSCC1)S(C)(=O)=O. The van der Waals surface area contributed by atoms with Gasteiger partial charge < -0.3 is 10.6 Å². The van der Waals surface area contributed by atoms with Crippen molar-refractivity contribution in [1.29, 1.82) is 0 Å². The van der Waals surface area contributed by atoms with E-state index in [0.717, 1.165) is 24.6 Å². The van der Waals surface area contributed by atoms with E-state index >= 15 is 0 Å². The van der Waals surface area contributed by atoms with Crippen LogP contribution < -0.4 is 5.73 Å². The molecule has 0 aliphatic carbocycles. The van der Waals surface area contributed by atoms with Crippen LogP contribution in [-0.4, -0.2) is 61.4 Å². The highest BCUT2D eigenvalue weighted by molar-refractivity contribution is 7.99. The van der Waals surface area contributed by atoms with Gasteiger partial charge in [0.1, 0.15) is 0 Å². The second-order valence-electron chi connectivity index (χ2n) is 5.12. The topological polar surface area (TPSA) is 75.8 Å². The lowest BCUT2D eigenvalue weighted by Crippen LogP contribution is -2.43. The van der Waals surface area contributed by atoms with Crippen LogP contribution in [0.1, 0.15) is 20.3 Å². The molecule has 0 aromatic carbocycles. The molecule has 1 fully saturated rings. The lowest BCUT2D eigenvalue weighted by molar-refractivity contribution is 0.454. The van der Waals surface area contributed by atoms with Crippen molar-refractivity contribution in [3.8, 4) is 0 Å². The number of nitrogens with two attached hydrogens (primary N) is 1. The van der Waals surface area contributed by atoms with E-state index in [-0.39, 0.29) is 0 Å². The fourth-order valence-electron chi connectivity index (χ4n) is 1.52. The van der Waals surface area contributed by atoms with Crippen molar-refractivity contribution in [1.82, 2.24) is 4.90 Å². The van der Waals surface area contributed by atoms with Crippen molar-refractivity contribution in [3.05, 3.63) is 0 Å². The van der Waals surface area contributed by atoms with Gasteiger partial charge in [-0.2, -0.15) is 11.8 Å². The predicted molar refractivity (Wildman–Crippen MR) is 78.9 cm³/mol. The first kappa shape index (κ1) is 15.6. The number of thioether (sulfide) groups is 1. The van der Waals surface area contributed by atoms with Gasteiger partial charge in [-0.1, -0.05) is 0 Å². The average Bonchev–Trinajstić information content (AvgIpc) is 2.28. The fourth-order valence-corrected chi connectivity index (χ4v) is 2.88. The summed E-state index contributed by atoms with van der Waals surface area (Å²) >= 11 is 1.92. The minimum Gasteiger partial charge on any atom is -0.370 e. The Labute approximate surface area is 114 Å². The summed E-state index contributed by atoms with van der Waals surface area (Å²) in [6, 6.07) is 0. The molecule has 2 N–H and O–H groups in total. The number of hydrogen-bond acceptors (Lipinski definition) is 4. The predicted octanol–water partition coefficient (Wildman–Crippen LogP) is 0.563. The molecular weight excluding hydrogens is 270 g/mol. The van der Waals surface area contributed by atoms with Crippen LogP contribution >= 0.6 is 11.8 Å². The van der Waals surface area contributed by atoms with Crippen LogP contribution in [0.4, 0.5) is 0 Å². The monoisotopic (exact) mass is 293 g/mol. The Morgan fingerprint density at radius 2 is 1.94 bits per heavy atom. The number of rotatable bonds is 4. The van der Waals surface area contributed by atoms with Crippen LogP contribution in [0.25, 0.3) is 0 Å². The zero-order valence-electron chi connectivity index (χ0n) is 11.3. The molecule has 106 valence electrons. The Balaban J connectivity index is 2.49. The Morgan fingerprint density at radius 3 is 2.44 bits per heavy atom. The molecule has 0 bridgehead atoms. The first-order valence-electron chi connectivity index (χ1n) is 6.06. The normalized spacial score (nSPS) is 19.1. The molecule has 0 spiro atoms. The van der Waals surface area contributed by atoms with E-state index in [2.05, 4.69) is 9.89 Å². The highest BCUT2D eigenvalue weighted by Gasteiger charge is 2.29. The van der Waals surface area contributed by atoms with Crippen molar-refractivity contribution in [2.75, 3.05) is 37.4 Å². The second kappa shape index (κ2) is 6.14. The zero-order chi connectivity index (χ0) is 13.8. The second-order valence-corrected chi connectivity index (χ2v) is 9.00. The van der Waals surface area contributed by atoms with E-state index in [1.165, 1.54) is 6.26 Å². The van der Waals surface area contributed by atoms with E-state index in [0.29, 0.717) is 18.9 Å². The van der Waals surface area contributed by atoms with Crippen LogP contribution in [0.15, 0.2) is 4.99 Å². The van der Waals surface area contributed by atoms with Crippen LogP contribution in [0.3, 0.4) is 0 Å². The summed E-state index contributed by atoms with van der Waals surface area (Å²) in [6.07, 6.45) is 1.76. The van der Waals surface area contributed by atoms with Crippen molar-refractivity contribution >= 4 is 27.6 Å². The lowest BCUT2D eigenvalue weighted by Gasteiger charge is -2.27. The van der Waals surface area contributed by atoms with E-state index in [4.69, 9.17) is 5.73 Å². The number of guanidine groups is 1. The molecule has 0 saturated carbocycles. The van der Waals surface area contributed by atoms with Gasteiger partial charge in [0.25, 0.3) is 0 Å². The van der Waals surface area contributed by atoms with Crippen LogP contribution in [-0.2, 0) is 9.84 Å². The molecule has 5 nitrogen and oxygen atoms in total. The van der Waals surface area contributed by atoms with Crippen molar-refractivity contribution < 1.29 is 8.42 Å². The molecule has 0 aromatic rings. The largest absolute Gasteiger partial charge is 0.370 e. The number of aliphatic imine (C=N–C) groups is 1. The first-order chi connectivity index (χ1) is 8.24. The van der Waals surface area contributed by atoms with E-state index < -0.39 is 14.6 Å². The van der Waals surface area contributed by atoms with Crippen molar-refractivity contribution in [2.45, 2.75) is 25.0 Å². The summed E-state index contributed by atoms with van der Waals surface area (Å²) in [5.74, 6) is 2.69. The summed E-state index contributed by atoms with van der Waals surface area (Å²) in [7, 11) is -3.05. The fraction of sp³-hybridized carbons (Fsp3) is 0.909. The highest BCUT2D eigenvalue weighted by Crippen LogP contribution is 2.19. The molecule has 1 aliphatic heterocycles. The third kappa shape index (κ3) is 4.35. The van der Waals surface area contributed by atoms with Gasteiger partial charge in [-0.3, -0.25) is 4.99 Å². The van der Waals surface area contributed by atoms with Crippen molar-refractivity contribution in [3.63, 3.8) is 0 Å². The maximum absolute atomic E-state index is 11.5. The smallest absolute Gasteiger partial charge is 0.191 e. The summed E-state index contributed by atoms with van der Waals surface area (Å²) < 4.78 is 22.3. The molecule has 18 heavy (non-hydrogen) atoms. The third-order valence-corrected chi connectivity index (χ3v) is 6.48. The van der Waals surface area contributed by atoms with E-state index in [1.807, 2.05) is 11.8 Å². The van der Waals surface area contributed by atoms with E-state index in [9.17, 15) is 8.42 Å². The molecule has 1 saturated heterocycles. The Hall–Kier alpha value is -0.430. The minimum absolute atomic E-state index is 0.454. The number of nitrogens with zero attached hydrogens (tertiary/aromatic N) is 2. The summed E-state index contributed by atoms with van der Waals surface area (Å²) in [5.41, 5.74) is 5.90. The Bertz CT molecular complexity index is 399. The maximum Gasteiger partial charge on any atom is 0.191 e. The van der Waals surface area contributed by atoms with Gasteiger partial charge in [0.2, 0.25) is 0 Å². The standard InChI is InChI=1S/C11H23N3O2S2/c1-11(2,18(3,15)16)4-5-13-10(12)14-6-8-17-9-7-14/h4-9H2,1-3H3,(H2,12,13). The minimum atomic E-state index is -3.05. The Morgan fingerprint density at radius 1 is 1.39 bits per heavy atom. The van der Waals surface area contributed by atoms with Gasteiger partial charge in [-0.25, -0.2) is 8.42 Å². The molecule has 1 heterocycles. The van der Waals surface area contributed by atoms with Crippen LogP contribution in [0.2, 0.25) is 0 Å². The highest BCUT2D eigenvalue weighted by atomic mass is 32.2. The number of hydrogen-bond donors (Lipinski definition) is 1. The van der Waals surface area contributed by atoms with Gasteiger partial charge in [0.05, 0.1) is 4.75 Å². The number of sulfone groups is 1. The maximum atomic E-state index is 11.5. The van der Waals surface area contributed by atoms with Gasteiger partial charge in [-0.05, 0) is 20.3 Å². The quantitative estimate of drug-likeness (QED) is 0.605. The zero-order valence-corrected chi connectivity index (χ0v) is 13.0. The summed E-state index contributed by atoms with van der Waals surface area (Å²) in [6.45, 7) is 5.76. The Kier molecular flexibility index (Phi) is 5.33. The molecule has 1 rings (SSSR count). The summed E-state index contributed by atoms with van der Waals surface area (Å²) in [5, 5.41) is 0. The molecule has 0 amide bonds. The van der Waals surface area contributed by atoms with Gasteiger partial charge in [0, 0.05) is 37.4 Å². The molecule has 0 aromatic heterocycles. The van der Waals surface area contributed by atoms with Gasteiger partial charge in [-0.15, -0.1) is 0 Å². The molecule has 1 aliphatic rings. The molecule has 0 unspecified atom stereocenters. The van der Waals surface area contributed by atoms with Crippen molar-refractivity contribution in [2.24, 2.45) is 10.7 Å². The molecule has 0 radical (unpaired) electrons. The third-order valence-electron chi connectivity index (χ3n) is 3.33. The van der Waals surface area contributed by atoms with Crippen LogP contribution in [0, 0.1) is 0 Å². The molecule has 0 atom stereocenters. The van der Waals surface area contributed by atoms with Crippen LogP contribution in [0.5, 0.6) is 0 Å². The first-order valence-corrected chi connectivity index (χ1v) is 9.11. The summed E-state index contributed by atoms with van der Waals surface area (Å²) in [4.78, 5) is 6.35. The van der Waals surface area contributed by atoms with Gasteiger partial charge in [0.15, 0.2) is 15.8 Å². The molecule has 7 heteroatoms. The van der Waals surface area contributed by atoms with Gasteiger partial charge >= 0.3 is 0 Å².